The highest BCUT2D eigenvalue weighted by Gasteiger charge is 2.25. The molecule has 138 valence electrons. The number of aryl methyl sites for hydroxylation is 1. The van der Waals surface area contributed by atoms with E-state index < -0.39 is 0 Å². The summed E-state index contributed by atoms with van der Waals surface area (Å²) in [6.45, 7) is 4.75. The van der Waals surface area contributed by atoms with E-state index in [9.17, 15) is 9.59 Å². The van der Waals surface area contributed by atoms with Crippen molar-refractivity contribution in [3.8, 4) is 0 Å². The molecule has 3 N–H and O–H groups in total. The van der Waals surface area contributed by atoms with Gasteiger partial charge in [-0.05, 0) is 31.7 Å². The first-order chi connectivity index (χ1) is 12.0. The van der Waals surface area contributed by atoms with Crippen molar-refractivity contribution >= 4 is 11.9 Å². The lowest BCUT2D eigenvalue weighted by atomic mass is 9.96. The number of carbonyl (C=O) groups excluding carboxylic acids is 2. The van der Waals surface area contributed by atoms with Gasteiger partial charge in [-0.15, -0.1) is 0 Å². The molecule has 0 aromatic heterocycles. The van der Waals surface area contributed by atoms with Crippen LogP contribution in [0.15, 0.2) is 24.3 Å². The maximum Gasteiger partial charge on any atom is 0.321 e. The third-order valence-corrected chi connectivity index (χ3v) is 5.22. The third-order valence-electron chi connectivity index (χ3n) is 5.22. The summed E-state index contributed by atoms with van der Waals surface area (Å²) in [6, 6.07) is 8.05. The molecule has 1 aliphatic rings. The van der Waals surface area contributed by atoms with Crippen LogP contribution in [-0.4, -0.2) is 31.1 Å². The number of carbonyl (C=O) groups is 2. The first-order valence-corrected chi connectivity index (χ1v) is 9.51. The minimum absolute atomic E-state index is 0.207. The Kier molecular flexibility index (Phi) is 7.44. The summed E-state index contributed by atoms with van der Waals surface area (Å²) in [5.41, 5.74) is 2.51. The van der Waals surface area contributed by atoms with Gasteiger partial charge in [-0.1, -0.05) is 50.5 Å². The van der Waals surface area contributed by atoms with Crippen LogP contribution in [0.1, 0.15) is 57.1 Å². The quantitative estimate of drug-likeness (QED) is 0.736. The van der Waals surface area contributed by atoms with Gasteiger partial charge in [0.1, 0.15) is 6.54 Å². The van der Waals surface area contributed by atoms with Gasteiger partial charge in [-0.3, -0.25) is 10.1 Å². The Balaban J connectivity index is 1.79. The molecule has 5 nitrogen and oxygen atoms in total. The molecule has 0 bridgehead atoms. The summed E-state index contributed by atoms with van der Waals surface area (Å²) in [6.07, 6.45) is 6.59. The molecule has 2 atom stereocenters. The molecule has 1 saturated carbocycles. The van der Waals surface area contributed by atoms with E-state index in [0.29, 0.717) is 0 Å². The molecule has 0 heterocycles. The van der Waals surface area contributed by atoms with Crippen LogP contribution >= 0.6 is 0 Å². The fraction of sp³-hybridized carbons (Fsp3) is 0.600. The molecule has 1 unspecified atom stereocenters. The molecule has 5 heteroatoms. The highest BCUT2D eigenvalue weighted by Crippen LogP contribution is 2.17. The maximum absolute atomic E-state index is 12.3. The predicted octanol–water partition coefficient (Wildman–Crippen LogP) is 1.81. The summed E-state index contributed by atoms with van der Waals surface area (Å²) >= 11 is 0. The molecular formula is C20H32N3O2+. The van der Waals surface area contributed by atoms with Crippen molar-refractivity contribution in [3.05, 3.63) is 35.4 Å². The second-order valence-electron chi connectivity index (χ2n) is 7.21. The van der Waals surface area contributed by atoms with E-state index in [4.69, 9.17) is 0 Å². The average molecular weight is 346 g/mol. The zero-order valence-corrected chi connectivity index (χ0v) is 15.7. The number of nitrogens with one attached hydrogen (secondary N) is 3. The lowest BCUT2D eigenvalue weighted by Crippen LogP contribution is -3.12. The molecule has 1 aromatic rings. The van der Waals surface area contributed by atoms with E-state index in [1.54, 1.807) is 0 Å². The van der Waals surface area contributed by atoms with E-state index in [-0.39, 0.29) is 24.0 Å². The van der Waals surface area contributed by atoms with Gasteiger partial charge in [0.05, 0.1) is 7.05 Å². The van der Waals surface area contributed by atoms with Gasteiger partial charge in [-0.25, -0.2) is 4.79 Å². The van der Waals surface area contributed by atoms with Crippen LogP contribution in [0.2, 0.25) is 0 Å². The molecule has 1 aliphatic carbocycles. The molecule has 0 saturated heterocycles. The summed E-state index contributed by atoms with van der Waals surface area (Å²) in [5, 5.41) is 5.43. The molecule has 1 fully saturated rings. The molecular weight excluding hydrogens is 314 g/mol. The van der Waals surface area contributed by atoms with Crippen molar-refractivity contribution in [3.63, 3.8) is 0 Å². The highest BCUT2D eigenvalue weighted by molar-refractivity contribution is 5.96. The first kappa shape index (κ1) is 19.4. The second kappa shape index (κ2) is 9.56. The molecule has 2 rings (SSSR count). The summed E-state index contributed by atoms with van der Waals surface area (Å²) in [7, 11) is 1.98. The van der Waals surface area contributed by atoms with Crippen molar-refractivity contribution in [1.82, 2.24) is 10.6 Å². The standard InChI is InChI=1S/C20H31N3O2/c1-4-16-10-12-17(13-11-16)14-23(3)15(2)19(24)22-20(25)21-18-8-6-5-7-9-18/h10-13,15,18H,4-9,14H2,1-3H3,(H2,21,22,24,25)/p+1/t15-/m1/s1. The molecule has 3 amide bonds. The topological polar surface area (TPSA) is 62.6 Å². The Hall–Kier alpha value is -1.88. The van der Waals surface area contributed by atoms with Crippen molar-refractivity contribution in [1.29, 1.82) is 0 Å². The summed E-state index contributed by atoms with van der Waals surface area (Å²) < 4.78 is 0. The van der Waals surface area contributed by atoms with E-state index in [1.165, 1.54) is 17.5 Å². The number of urea groups is 1. The van der Waals surface area contributed by atoms with Gasteiger partial charge < -0.3 is 10.2 Å². The lowest BCUT2D eigenvalue weighted by molar-refractivity contribution is -0.908. The fourth-order valence-corrected chi connectivity index (χ4v) is 3.28. The molecule has 1 aromatic carbocycles. The molecule has 0 spiro atoms. The SMILES string of the molecule is CCc1ccc(C[NH+](C)[C@H](C)C(=O)NC(=O)NC2CCCCC2)cc1. The predicted molar refractivity (Wildman–Crippen MR) is 99.4 cm³/mol. The number of likely N-dealkylation sites (N-methyl/N-ethyl adjacent to an activating group) is 1. The lowest BCUT2D eigenvalue weighted by Gasteiger charge is -2.24. The number of hydrogen-bond donors (Lipinski definition) is 3. The average Bonchev–Trinajstić information content (AvgIpc) is 2.62. The number of benzene rings is 1. The fourth-order valence-electron chi connectivity index (χ4n) is 3.28. The van der Waals surface area contributed by atoms with Crippen molar-refractivity contribution in [2.45, 2.75) is 71.0 Å². The van der Waals surface area contributed by atoms with Gasteiger partial charge in [0.2, 0.25) is 0 Å². The third kappa shape index (κ3) is 6.16. The van der Waals surface area contributed by atoms with Crippen LogP contribution in [0.25, 0.3) is 0 Å². The number of imide groups is 1. The van der Waals surface area contributed by atoms with Crippen molar-refractivity contribution in [2.75, 3.05) is 7.05 Å². The Bertz CT molecular complexity index is 565. The van der Waals surface area contributed by atoms with E-state index >= 15 is 0 Å². The van der Waals surface area contributed by atoms with Gasteiger partial charge >= 0.3 is 6.03 Å². The van der Waals surface area contributed by atoms with Crippen molar-refractivity contribution < 1.29 is 14.5 Å². The monoisotopic (exact) mass is 346 g/mol. The van der Waals surface area contributed by atoms with Gasteiger partial charge in [0, 0.05) is 11.6 Å². The largest absolute Gasteiger partial charge is 0.335 e. The first-order valence-electron chi connectivity index (χ1n) is 9.51. The van der Waals surface area contributed by atoms with Gasteiger partial charge in [0.15, 0.2) is 6.04 Å². The number of hydrogen-bond acceptors (Lipinski definition) is 2. The summed E-state index contributed by atoms with van der Waals surface area (Å²) in [4.78, 5) is 25.4. The molecule has 0 aliphatic heterocycles. The molecule has 0 radical (unpaired) electrons. The normalized spacial score (nSPS) is 17.6. The second-order valence-corrected chi connectivity index (χ2v) is 7.21. The van der Waals surface area contributed by atoms with E-state index in [1.807, 2.05) is 14.0 Å². The zero-order chi connectivity index (χ0) is 18.2. The van der Waals surface area contributed by atoms with Crippen LogP contribution in [-0.2, 0) is 17.8 Å². The van der Waals surface area contributed by atoms with Crippen LogP contribution in [0, 0.1) is 0 Å². The van der Waals surface area contributed by atoms with Crippen molar-refractivity contribution in [2.24, 2.45) is 0 Å². The van der Waals surface area contributed by atoms with E-state index in [0.717, 1.165) is 43.5 Å². The Morgan fingerprint density at radius 2 is 1.72 bits per heavy atom. The Morgan fingerprint density at radius 1 is 1.12 bits per heavy atom. The van der Waals surface area contributed by atoms with Crippen LogP contribution in [0.4, 0.5) is 4.79 Å². The van der Waals surface area contributed by atoms with Crippen LogP contribution in [0.5, 0.6) is 0 Å². The Labute approximate surface area is 151 Å². The molecule has 25 heavy (non-hydrogen) atoms. The highest BCUT2D eigenvalue weighted by atomic mass is 16.2. The number of quaternary nitrogens is 1. The summed E-state index contributed by atoms with van der Waals surface area (Å²) in [5.74, 6) is -0.226. The Morgan fingerprint density at radius 3 is 2.32 bits per heavy atom. The van der Waals surface area contributed by atoms with Crippen LogP contribution < -0.4 is 15.5 Å². The van der Waals surface area contributed by atoms with E-state index in [2.05, 4.69) is 41.8 Å². The van der Waals surface area contributed by atoms with Crippen LogP contribution in [0.3, 0.4) is 0 Å². The number of amides is 3. The maximum atomic E-state index is 12.3. The number of rotatable bonds is 6. The van der Waals surface area contributed by atoms with Gasteiger partial charge in [-0.2, -0.15) is 0 Å². The minimum Gasteiger partial charge on any atom is -0.335 e. The van der Waals surface area contributed by atoms with Gasteiger partial charge in [0.25, 0.3) is 5.91 Å². The minimum atomic E-state index is -0.358. The smallest absolute Gasteiger partial charge is 0.321 e. The zero-order valence-electron chi connectivity index (χ0n) is 15.7.